The molecule has 0 saturated carbocycles. The number of aryl methyl sites for hydroxylation is 1. The first kappa shape index (κ1) is 12.7. The Balaban J connectivity index is 2.19. The van der Waals surface area contributed by atoms with Gasteiger partial charge in [-0.05, 0) is 18.4 Å². The molecule has 3 rings (SSSR count). The number of esters is 1. The second-order valence-corrected chi connectivity index (χ2v) is 5.30. The van der Waals surface area contributed by atoms with E-state index in [1.165, 1.54) is 18.4 Å². The minimum absolute atomic E-state index is 0.355. The van der Waals surface area contributed by atoms with Gasteiger partial charge in [0.25, 0.3) is 0 Å². The molecule has 1 aromatic carbocycles. The number of rotatable bonds is 2. The van der Waals surface area contributed by atoms with Gasteiger partial charge in [-0.15, -0.1) is 11.3 Å². The van der Waals surface area contributed by atoms with Crippen LogP contribution in [-0.2, 0) is 4.74 Å². The number of benzene rings is 1. The van der Waals surface area contributed by atoms with E-state index in [2.05, 4.69) is 9.97 Å². The maximum atomic E-state index is 11.7. The second kappa shape index (κ2) is 5.02. The van der Waals surface area contributed by atoms with Gasteiger partial charge in [0, 0.05) is 11.6 Å². The number of pyridine rings is 1. The number of aromatic nitrogens is 2. The monoisotopic (exact) mass is 284 g/mol. The van der Waals surface area contributed by atoms with Crippen LogP contribution < -0.4 is 0 Å². The largest absolute Gasteiger partial charge is 0.465 e. The summed E-state index contributed by atoms with van der Waals surface area (Å²) in [6, 6.07) is 9.95. The Bertz CT molecular complexity index is 790. The van der Waals surface area contributed by atoms with Crippen molar-refractivity contribution in [3.05, 3.63) is 47.1 Å². The molecule has 0 radical (unpaired) electrons. The van der Waals surface area contributed by atoms with Crippen molar-refractivity contribution in [1.29, 1.82) is 0 Å². The molecule has 2 heterocycles. The quantitative estimate of drug-likeness (QED) is 0.676. The van der Waals surface area contributed by atoms with Crippen LogP contribution in [0.4, 0.5) is 0 Å². The zero-order valence-corrected chi connectivity index (χ0v) is 11.9. The fourth-order valence-corrected chi connectivity index (χ4v) is 3.07. The topological polar surface area (TPSA) is 52.1 Å². The summed E-state index contributed by atoms with van der Waals surface area (Å²) in [5.41, 5.74) is 1.47. The van der Waals surface area contributed by atoms with Crippen LogP contribution in [0.3, 0.4) is 0 Å². The van der Waals surface area contributed by atoms with Crippen LogP contribution >= 0.6 is 11.3 Å². The number of ether oxygens (including phenoxy) is 1. The smallest absolute Gasteiger partial charge is 0.349 e. The first-order valence-electron chi connectivity index (χ1n) is 6.10. The Morgan fingerprint density at radius 3 is 2.85 bits per heavy atom. The van der Waals surface area contributed by atoms with Gasteiger partial charge in [-0.25, -0.2) is 9.78 Å². The summed E-state index contributed by atoms with van der Waals surface area (Å²) in [6.07, 6.45) is 1.76. The van der Waals surface area contributed by atoms with Crippen LogP contribution in [0.1, 0.15) is 15.4 Å². The van der Waals surface area contributed by atoms with Crippen molar-refractivity contribution in [3.8, 4) is 10.7 Å². The molecule has 0 spiro atoms. The summed E-state index contributed by atoms with van der Waals surface area (Å²) in [4.78, 5) is 21.1. The highest BCUT2D eigenvalue weighted by molar-refractivity contribution is 7.17. The van der Waals surface area contributed by atoms with Crippen molar-refractivity contribution in [2.75, 3.05) is 7.11 Å². The van der Waals surface area contributed by atoms with E-state index in [1.807, 2.05) is 30.3 Å². The van der Waals surface area contributed by atoms with Crippen molar-refractivity contribution in [1.82, 2.24) is 9.97 Å². The molecule has 2 aromatic heterocycles. The van der Waals surface area contributed by atoms with Gasteiger partial charge < -0.3 is 4.74 Å². The Labute approximate surface area is 120 Å². The summed E-state index contributed by atoms with van der Waals surface area (Å²) in [5, 5.41) is 2.87. The number of carbonyl (C=O) groups is 1. The second-order valence-electron chi connectivity index (χ2n) is 4.31. The lowest BCUT2D eigenvalue weighted by Crippen LogP contribution is -1.99. The van der Waals surface area contributed by atoms with Crippen LogP contribution in [0, 0.1) is 6.92 Å². The molecular formula is C15H12N2O2S. The molecule has 0 aliphatic heterocycles. The van der Waals surface area contributed by atoms with Crippen molar-refractivity contribution >= 4 is 28.1 Å². The molecule has 3 aromatic rings. The van der Waals surface area contributed by atoms with Crippen LogP contribution in [-0.4, -0.2) is 23.0 Å². The van der Waals surface area contributed by atoms with E-state index in [0.717, 1.165) is 21.5 Å². The van der Waals surface area contributed by atoms with Gasteiger partial charge >= 0.3 is 5.97 Å². The van der Waals surface area contributed by atoms with Crippen LogP contribution in [0.2, 0.25) is 0 Å². The Morgan fingerprint density at radius 2 is 2.05 bits per heavy atom. The molecule has 5 heteroatoms. The summed E-state index contributed by atoms with van der Waals surface area (Å²) < 4.78 is 4.76. The average molecular weight is 284 g/mol. The normalized spacial score (nSPS) is 10.7. The molecule has 0 bridgehead atoms. The van der Waals surface area contributed by atoms with Gasteiger partial charge in [-0.2, -0.15) is 0 Å². The number of thiazole rings is 1. The zero-order valence-electron chi connectivity index (χ0n) is 11.1. The predicted octanol–water partition coefficient (Wildman–Crippen LogP) is 3.45. The van der Waals surface area contributed by atoms with E-state index in [-0.39, 0.29) is 5.97 Å². The van der Waals surface area contributed by atoms with Gasteiger partial charge in [0.05, 0.1) is 12.8 Å². The number of methoxy groups -OCH3 is 1. The summed E-state index contributed by atoms with van der Waals surface area (Å²) >= 11 is 1.31. The van der Waals surface area contributed by atoms with Crippen LogP contribution in [0.25, 0.3) is 21.5 Å². The third-order valence-corrected chi connectivity index (χ3v) is 4.19. The van der Waals surface area contributed by atoms with E-state index in [0.29, 0.717) is 10.6 Å². The van der Waals surface area contributed by atoms with Crippen molar-refractivity contribution in [2.45, 2.75) is 6.92 Å². The Kier molecular flexibility index (Phi) is 3.20. The lowest BCUT2D eigenvalue weighted by atomic mass is 10.1. The van der Waals surface area contributed by atoms with Gasteiger partial charge in [0.2, 0.25) is 0 Å². The van der Waals surface area contributed by atoms with Crippen molar-refractivity contribution in [2.24, 2.45) is 0 Å². The third-order valence-electron chi connectivity index (χ3n) is 3.04. The molecule has 4 nitrogen and oxygen atoms in total. The predicted molar refractivity (Wildman–Crippen MR) is 78.9 cm³/mol. The van der Waals surface area contributed by atoms with Gasteiger partial charge in [0.1, 0.15) is 15.6 Å². The molecule has 0 N–H and O–H groups in total. The van der Waals surface area contributed by atoms with Crippen molar-refractivity contribution < 1.29 is 9.53 Å². The van der Waals surface area contributed by atoms with E-state index in [9.17, 15) is 4.79 Å². The highest BCUT2D eigenvalue weighted by Crippen LogP contribution is 2.31. The van der Waals surface area contributed by atoms with Crippen LogP contribution in [0.15, 0.2) is 36.5 Å². The molecule has 0 fully saturated rings. The molecule has 0 amide bonds. The fraction of sp³-hybridized carbons (Fsp3) is 0.133. The lowest BCUT2D eigenvalue weighted by Gasteiger charge is -2.01. The molecule has 0 unspecified atom stereocenters. The minimum Gasteiger partial charge on any atom is -0.465 e. The minimum atomic E-state index is -0.355. The molecular weight excluding hydrogens is 272 g/mol. The maximum absolute atomic E-state index is 11.7. The number of nitrogens with zero attached hydrogens (tertiary/aromatic N) is 2. The number of carbonyl (C=O) groups excluding carboxylic acids is 1. The van der Waals surface area contributed by atoms with Gasteiger partial charge in [0.15, 0.2) is 0 Å². The summed E-state index contributed by atoms with van der Waals surface area (Å²) in [7, 11) is 1.37. The number of hydrogen-bond donors (Lipinski definition) is 0. The Hall–Kier alpha value is -2.27. The van der Waals surface area contributed by atoms with E-state index < -0.39 is 0 Å². The third kappa shape index (κ3) is 2.06. The molecule has 20 heavy (non-hydrogen) atoms. The number of fused-ring (bicyclic) bond motifs is 1. The molecule has 0 atom stereocenters. The standard InChI is InChI=1S/C15H12N2O2S/c1-9-13(15(18)19-2)20-14(17-9)12-11-6-4-3-5-10(11)7-8-16-12/h3-8H,1-2H3. The zero-order chi connectivity index (χ0) is 14.1. The van der Waals surface area contributed by atoms with Crippen molar-refractivity contribution in [3.63, 3.8) is 0 Å². The van der Waals surface area contributed by atoms with Gasteiger partial charge in [-0.1, -0.05) is 24.3 Å². The first-order valence-corrected chi connectivity index (χ1v) is 6.92. The SMILES string of the molecule is COC(=O)c1sc(-c2nccc3ccccc23)nc1C. The first-order chi connectivity index (χ1) is 9.70. The molecule has 0 saturated heterocycles. The lowest BCUT2D eigenvalue weighted by molar-refractivity contribution is 0.0605. The molecule has 0 aliphatic rings. The van der Waals surface area contributed by atoms with E-state index in [1.54, 1.807) is 13.1 Å². The highest BCUT2D eigenvalue weighted by atomic mass is 32.1. The molecule has 100 valence electrons. The highest BCUT2D eigenvalue weighted by Gasteiger charge is 2.18. The average Bonchev–Trinajstić information content (AvgIpc) is 2.87. The summed E-state index contributed by atoms with van der Waals surface area (Å²) in [6.45, 7) is 1.80. The molecule has 0 aliphatic carbocycles. The Morgan fingerprint density at radius 1 is 1.25 bits per heavy atom. The number of hydrogen-bond acceptors (Lipinski definition) is 5. The van der Waals surface area contributed by atoms with E-state index >= 15 is 0 Å². The van der Waals surface area contributed by atoms with Gasteiger partial charge in [-0.3, -0.25) is 4.98 Å². The van der Waals surface area contributed by atoms with Crippen LogP contribution in [0.5, 0.6) is 0 Å². The van der Waals surface area contributed by atoms with E-state index in [4.69, 9.17) is 4.74 Å². The fourth-order valence-electron chi connectivity index (χ4n) is 2.07. The maximum Gasteiger partial charge on any atom is 0.349 e. The summed E-state index contributed by atoms with van der Waals surface area (Å²) in [5.74, 6) is -0.355.